The van der Waals surface area contributed by atoms with Crippen molar-refractivity contribution in [2.75, 3.05) is 18.1 Å². The highest BCUT2D eigenvalue weighted by molar-refractivity contribution is 6.00. The van der Waals surface area contributed by atoms with Crippen molar-refractivity contribution in [3.05, 3.63) is 58.1 Å². The first-order valence-corrected chi connectivity index (χ1v) is 9.33. The zero-order valence-corrected chi connectivity index (χ0v) is 16.3. The van der Waals surface area contributed by atoms with E-state index in [-0.39, 0.29) is 17.5 Å². The molecule has 0 N–H and O–H groups in total. The molecule has 0 radical (unpaired) electrons. The van der Waals surface area contributed by atoms with Gasteiger partial charge in [0, 0.05) is 18.7 Å². The first-order valence-electron chi connectivity index (χ1n) is 9.33. The minimum absolute atomic E-state index is 0.0119. The molecule has 0 bridgehead atoms. The lowest BCUT2D eigenvalue weighted by Crippen LogP contribution is -2.48. The van der Waals surface area contributed by atoms with Gasteiger partial charge in [0.25, 0.3) is 11.6 Å². The maximum absolute atomic E-state index is 12.9. The van der Waals surface area contributed by atoms with Gasteiger partial charge in [0.2, 0.25) is 0 Å². The van der Waals surface area contributed by atoms with E-state index < -0.39 is 11.0 Å². The molecule has 1 aliphatic rings. The van der Waals surface area contributed by atoms with Crippen LogP contribution < -0.4 is 14.4 Å². The van der Waals surface area contributed by atoms with Crippen molar-refractivity contribution in [1.82, 2.24) is 0 Å². The molecule has 1 aliphatic heterocycles. The summed E-state index contributed by atoms with van der Waals surface area (Å²) in [5.74, 6) is 1.07. The summed E-state index contributed by atoms with van der Waals surface area (Å²) in [6.07, 6.45) is -0.0148. The SMILES string of the molecule is Cc1ccc(OCCCN2C(=O)C(C(C)C)Oc3ccc([N+](=O)[O-])cc32)cc1. The molecule has 2 aromatic carbocycles. The number of anilines is 1. The quantitative estimate of drug-likeness (QED) is 0.407. The van der Waals surface area contributed by atoms with Crippen LogP contribution in [0.25, 0.3) is 0 Å². The molecule has 0 aliphatic carbocycles. The third kappa shape index (κ3) is 4.24. The number of carbonyl (C=O) groups excluding carboxylic acids is 1. The average molecular weight is 384 g/mol. The summed E-state index contributed by atoms with van der Waals surface area (Å²) in [7, 11) is 0. The molecule has 3 rings (SSSR count). The lowest BCUT2D eigenvalue weighted by atomic mass is 10.0. The van der Waals surface area contributed by atoms with E-state index >= 15 is 0 Å². The molecule has 0 saturated carbocycles. The fourth-order valence-corrected chi connectivity index (χ4v) is 3.09. The van der Waals surface area contributed by atoms with E-state index in [4.69, 9.17) is 9.47 Å². The topological polar surface area (TPSA) is 81.9 Å². The number of nitro groups is 1. The Bertz CT molecular complexity index is 864. The fraction of sp³-hybridized carbons (Fsp3) is 0.381. The van der Waals surface area contributed by atoms with Gasteiger partial charge in [0.15, 0.2) is 6.10 Å². The van der Waals surface area contributed by atoms with Crippen LogP contribution in [0.15, 0.2) is 42.5 Å². The lowest BCUT2D eigenvalue weighted by Gasteiger charge is -2.35. The van der Waals surface area contributed by atoms with Gasteiger partial charge in [-0.25, -0.2) is 0 Å². The molecule has 2 aromatic rings. The summed E-state index contributed by atoms with van der Waals surface area (Å²) >= 11 is 0. The van der Waals surface area contributed by atoms with E-state index in [1.807, 2.05) is 45.0 Å². The van der Waals surface area contributed by atoms with E-state index in [1.54, 1.807) is 11.0 Å². The summed E-state index contributed by atoms with van der Waals surface area (Å²) in [5.41, 5.74) is 1.52. The summed E-state index contributed by atoms with van der Waals surface area (Å²) in [6, 6.07) is 12.1. The van der Waals surface area contributed by atoms with Crippen LogP contribution in [0.4, 0.5) is 11.4 Å². The first-order chi connectivity index (χ1) is 13.4. The normalized spacial score (nSPS) is 15.9. The molecule has 28 heavy (non-hydrogen) atoms. The minimum Gasteiger partial charge on any atom is -0.494 e. The highest BCUT2D eigenvalue weighted by atomic mass is 16.6. The Labute approximate surface area is 164 Å². The number of aryl methyl sites for hydroxylation is 1. The Morgan fingerprint density at radius 1 is 1.21 bits per heavy atom. The van der Waals surface area contributed by atoms with Crippen LogP contribution in [0.2, 0.25) is 0 Å². The average Bonchev–Trinajstić information content (AvgIpc) is 2.67. The highest BCUT2D eigenvalue weighted by Crippen LogP contribution is 2.38. The Morgan fingerprint density at radius 3 is 2.57 bits per heavy atom. The molecule has 1 amide bonds. The van der Waals surface area contributed by atoms with Gasteiger partial charge < -0.3 is 14.4 Å². The van der Waals surface area contributed by atoms with E-state index in [1.165, 1.54) is 12.1 Å². The number of ether oxygens (including phenoxy) is 2. The maximum atomic E-state index is 12.9. The molecular formula is C21H24N2O5. The molecule has 1 heterocycles. The van der Waals surface area contributed by atoms with Crippen LogP contribution in [0.5, 0.6) is 11.5 Å². The summed E-state index contributed by atoms with van der Waals surface area (Å²) in [5, 5.41) is 11.1. The van der Waals surface area contributed by atoms with Crippen molar-refractivity contribution in [1.29, 1.82) is 0 Å². The number of nitrogens with zero attached hydrogens (tertiary/aromatic N) is 2. The van der Waals surface area contributed by atoms with Gasteiger partial charge in [-0.15, -0.1) is 0 Å². The molecule has 0 aromatic heterocycles. The predicted molar refractivity (Wildman–Crippen MR) is 106 cm³/mol. The molecule has 1 atom stereocenters. The lowest BCUT2D eigenvalue weighted by molar-refractivity contribution is -0.384. The number of rotatable bonds is 7. The number of nitro benzene ring substituents is 1. The van der Waals surface area contributed by atoms with E-state index in [9.17, 15) is 14.9 Å². The predicted octanol–water partition coefficient (Wildman–Crippen LogP) is 4.12. The maximum Gasteiger partial charge on any atom is 0.271 e. The molecule has 148 valence electrons. The number of carbonyl (C=O) groups is 1. The van der Waals surface area contributed by atoms with Gasteiger partial charge in [-0.1, -0.05) is 31.5 Å². The largest absolute Gasteiger partial charge is 0.494 e. The smallest absolute Gasteiger partial charge is 0.271 e. The third-order valence-corrected chi connectivity index (χ3v) is 4.63. The first kappa shape index (κ1) is 19.7. The van der Waals surface area contributed by atoms with Crippen molar-refractivity contribution >= 4 is 17.3 Å². The summed E-state index contributed by atoms with van der Waals surface area (Å²) < 4.78 is 11.5. The zero-order valence-electron chi connectivity index (χ0n) is 16.3. The van der Waals surface area contributed by atoms with Crippen LogP contribution in [-0.2, 0) is 4.79 Å². The summed E-state index contributed by atoms with van der Waals surface area (Å²) in [6.45, 7) is 6.67. The number of hydrogen-bond acceptors (Lipinski definition) is 5. The Balaban J connectivity index is 1.73. The number of hydrogen-bond donors (Lipinski definition) is 0. The Kier molecular flexibility index (Phi) is 5.82. The van der Waals surface area contributed by atoms with Crippen molar-refractivity contribution in [2.24, 2.45) is 5.92 Å². The molecule has 7 heteroatoms. The van der Waals surface area contributed by atoms with E-state index in [2.05, 4.69) is 0 Å². The van der Waals surface area contributed by atoms with Gasteiger partial charge >= 0.3 is 0 Å². The number of amides is 1. The van der Waals surface area contributed by atoms with Gasteiger partial charge in [-0.05, 0) is 37.5 Å². The van der Waals surface area contributed by atoms with Gasteiger partial charge in [-0.2, -0.15) is 0 Å². The minimum atomic E-state index is -0.605. The van der Waals surface area contributed by atoms with Crippen LogP contribution in [0.1, 0.15) is 25.8 Å². The third-order valence-electron chi connectivity index (χ3n) is 4.63. The van der Waals surface area contributed by atoms with Gasteiger partial charge in [0.1, 0.15) is 11.5 Å². The fourth-order valence-electron chi connectivity index (χ4n) is 3.09. The van der Waals surface area contributed by atoms with Gasteiger partial charge in [-0.3, -0.25) is 14.9 Å². The number of non-ortho nitro benzene ring substituents is 1. The summed E-state index contributed by atoms with van der Waals surface area (Å²) in [4.78, 5) is 25.1. The van der Waals surface area contributed by atoms with Crippen molar-refractivity contribution in [3.63, 3.8) is 0 Å². The molecule has 0 saturated heterocycles. The van der Waals surface area contributed by atoms with Gasteiger partial charge in [0.05, 0.1) is 17.2 Å². The van der Waals surface area contributed by atoms with Crippen molar-refractivity contribution in [3.8, 4) is 11.5 Å². The van der Waals surface area contributed by atoms with Crippen LogP contribution >= 0.6 is 0 Å². The van der Waals surface area contributed by atoms with E-state index in [0.717, 1.165) is 11.3 Å². The number of fused-ring (bicyclic) bond motifs is 1. The monoisotopic (exact) mass is 384 g/mol. The van der Waals surface area contributed by atoms with Crippen molar-refractivity contribution < 1.29 is 19.2 Å². The Hall–Kier alpha value is -3.09. The second-order valence-corrected chi connectivity index (χ2v) is 7.20. The second-order valence-electron chi connectivity index (χ2n) is 7.20. The number of benzene rings is 2. The van der Waals surface area contributed by atoms with Crippen molar-refractivity contribution in [2.45, 2.75) is 33.3 Å². The standard InChI is InChI=1S/C21H24N2O5/c1-14(2)20-21(24)22(11-4-12-27-17-8-5-15(3)6-9-17)18-13-16(23(25)26)7-10-19(18)28-20/h5-10,13-14,20H,4,11-12H2,1-3H3. The van der Waals surface area contributed by atoms with Crippen LogP contribution in [0, 0.1) is 23.0 Å². The Morgan fingerprint density at radius 2 is 1.93 bits per heavy atom. The second kappa shape index (κ2) is 8.29. The van der Waals surface area contributed by atoms with Crippen LogP contribution in [0.3, 0.4) is 0 Å². The molecular weight excluding hydrogens is 360 g/mol. The molecule has 7 nitrogen and oxygen atoms in total. The molecule has 0 spiro atoms. The molecule has 1 unspecified atom stereocenters. The molecule has 0 fully saturated rings. The van der Waals surface area contributed by atoms with E-state index in [0.29, 0.717) is 31.0 Å². The zero-order chi connectivity index (χ0) is 20.3. The highest BCUT2D eigenvalue weighted by Gasteiger charge is 2.36. The van der Waals surface area contributed by atoms with Crippen LogP contribution in [-0.4, -0.2) is 30.1 Å².